The van der Waals surface area contributed by atoms with Crippen molar-refractivity contribution in [1.82, 2.24) is 5.32 Å². The number of amides is 3. The number of anilines is 3. The zero-order valence-corrected chi connectivity index (χ0v) is 27.2. The van der Waals surface area contributed by atoms with Crippen LogP contribution in [0.15, 0.2) is 148 Å². The molecule has 1 heterocycles. The molecule has 48 heavy (non-hydrogen) atoms. The third kappa shape index (κ3) is 7.17. The first-order valence-corrected chi connectivity index (χ1v) is 16.6. The molecule has 5 aromatic carbocycles. The second-order valence-corrected chi connectivity index (χ2v) is 13.1. The zero-order chi connectivity index (χ0) is 33.6. The summed E-state index contributed by atoms with van der Waals surface area (Å²) in [6, 6.07) is 36.9. The molecule has 1 atom stereocenters. The van der Waals surface area contributed by atoms with E-state index in [1.165, 1.54) is 36.0 Å². The van der Waals surface area contributed by atoms with Gasteiger partial charge in [0, 0.05) is 32.0 Å². The number of nitro benzene ring substituents is 1. The highest BCUT2D eigenvalue weighted by Crippen LogP contribution is 2.48. The van der Waals surface area contributed by atoms with Crippen LogP contribution < -0.4 is 15.5 Å². The van der Waals surface area contributed by atoms with Gasteiger partial charge in [-0.3, -0.25) is 29.4 Å². The van der Waals surface area contributed by atoms with E-state index in [0.717, 1.165) is 26.1 Å². The molecule has 1 aliphatic heterocycles. The number of hydrogen-bond acceptors (Lipinski definition) is 7. The van der Waals surface area contributed by atoms with Crippen molar-refractivity contribution in [3.8, 4) is 0 Å². The summed E-state index contributed by atoms with van der Waals surface area (Å²) in [7, 11) is 0. The van der Waals surface area contributed by atoms with Crippen molar-refractivity contribution < 1.29 is 19.3 Å². The van der Waals surface area contributed by atoms with Gasteiger partial charge in [0.1, 0.15) is 5.70 Å². The molecule has 5 aromatic rings. The first kappa shape index (κ1) is 32.3. The van der Waals surface area contributed by atoms with Crippen LogP contribution in [0.5, 0.6) is 0 Å². The molecule has 238 valence electrons. The molecule has 1 aliphatic rings. The number of nitrogens with one attached hydrogen (secondary N) is 2. The average molecular weight is 673 g/mol. The minimum atomic E-state index is -0.678. The van der Waals surface area contributed by atoms with Gasteiger partial charge in [-0.15, -0.1) is 11.8 Å². The molecule has 1 unspecified atom stereocenters. The number of benzene rings is 5. The van der Waals surface area contributed by atoms with E-state index >= 15 is 0 Å². The molecular formula is C37H28N4O5S2. The van der Waals surface area contributed by atoms with Crippen molar-refractivity contribution in [1.29, 1.82) is 0 Å². The van der Waals surface area contributed by atoms with Crippen LogP contribution in [0.2, 0.25) is 0 Å². The third-order valence-electron chi connectivity index (χ3n) is 7.37. The molecule has 6 rings (SSSR count). The monoisotopic (exact) mass is 672 g/mol. The topological polar surface area (TPSA) is 122 Å². The van der Waals surface area contributed by atoms with Gasteiger partial charge in [-0.1, -0.05) is 72.4 Å². The Kier molecular flexibility index (Phi) is 9.70. The lowest BCUT2D eigenvalue weighted by Crippen LogP contribution is -2.34. The Balaban J connectivity index is 1.23. The van der Waals surface area contributed by atoms with Gasteiger partial charge < -0.3 is 10.6 Å². The van der Waals surface area contributed by atoms with Crippen LogP contribution in [-0.4, -0.2) is 27.9 Å². The van der Waals surface area contributed by atoms with Crippen molar-refractivity contribution in [2.24, 2.45) is 0 Å². The number of nitrogens with zero attached hydrogens (tertiary/aromatic N) is 2. The highest BCUT2D eigenvalue weighted by Gasteiger charge is 2.31. The number of thioether (sulfide) groups is 1. The molecule has 2 N–H and O–H groups in total. The molecule has 0 spiro atoms. The summed E-state index contributed by atoms with van der Waals surface area (Å²) in [6.07, 6.45) is 1.28. The molecule has 0 radical (unpaired) electrons. The molecule has 0 aliphatic carbocycles. The Morgan fingerprint density at radius 3 is 2.12 bits per heavy atom. The smallest absolute Gasteiger partial charge is 0.276 e. The largest absolute Gasteiger partial charge is 0.321 e. The fourth-order valence-corrected chi connectivity index (χ4v) is 7.12. The average Bonchev–Trinajstić information content (AvgIpc) is 3.10. The van der Waals surface area contributed by atoms with Crippen molar-refractivity contribution in [2.45, 2.75) is 26.9 Å². The number of hydrogen-bond donors (Lipinski definition) is 2. The Labute approximate surface area is 285 Å². The number of carbonyl (C=O) groups excluding carboxylic acids is 3. The van der Waals surface area contributed by atoms with Crippen LogP contribution in [0.4, 0.5) is 22.7 Å². The molecule has 11 heteroatoms. The van der Waals surface area contributed by atoms with Crippen molar-refractivity contribution >= 4 is 70.1 Å². The Hall–Kier alpha value is -5.65. The molecule has 0 bridgehead atoms. The van der Waals surface area contributed by atoms with Gasteiger partial charge in [0.05, 0.1) is 27.1 Å². The Morgan fingerprint density at radius 2 is 1.44 bits per heavy atom. The van der Waals surface area contributed by atoms with Gasteiger partial charge in [-0.25, -0.2) is 0 Å². The van der Waals surface area contributed by atoms with Crippen molar-refractivity contribution in [2.75, 3.05) is 10.2 Å². The van der Waals surface area contributed by atoms with Crippen LogP contribution in [0.3, 0.4) is 0 Å². The second kappa shape index (κ2) is 14.4. The standard InChI is InChI=1S/C37H28N4O5S2/c1-24(37(44)40-31-18-7-9-20-33(31)48-34-21-10-8-19-32(34)40)47-28-16-11-15-27(23-28)38-36(43)29(39-35(42)25-12-3-2-4-13-25)22-26-14-5-6-17-30(26)41(45)46/h2-24H,1H3,(H,38,43)(H,39,42)/b29-22+. The van der Waals surface area contributed by atoms with Gasteiger partial charge in [-0.2, -0.15) is 0 Å². The summed E-state index contributed by atoms with van der Waals surface area (Å²) >= 11 is 2.98. The third-order valence-corrected chi connectivity index (χ3v) is 9.58. The molecule has 0 aromatic heterocycles. The Bertz CT molecular complexity index is 2020. The van der Waals surface area contributed by atoms with E-state index in [-0.39, 0.29) is 22.9 Å². The Morgan fingerprint density at radius 1 is 0.812 bits per heavy atom. The lowest BCUT2D eigenvalue weighted by atomic mass is 10.1. The van der Waals surface area contributed by atoms with Crippen LogP contribution in [0, 0.1) is 10.1 Å². The number of rotatable bonds is 9. The van der Waals surface area contributed by atoms with Crippen LogP contribution in [0.1, 0.15) is 22.8 Å². The minimum Gasteiger partial charge on any atom is -0.321 e. The normalized spacial score (nSPS) is 12.7. The summed E-state index contributed by atoms with van der Waals surface area (Å²) in [4.78, 5) is 56.2. The summed E-state index contributed by atoms with van der Waals surface area (Å²) < 4.78 is 0. The van der Waals surface area contributed by atoms with E-state index in [9.17, 15) is 24.5 Å². The van der Waals surface area contributed by atoms with E-state index in [1.807, 2.05) is 61.5 Å². The van der Waals surface area contributed by atoms with Crippen molar-refractivity contribution in [3.63, 3.8) is 0 Å². The van der Waals surface area contributed by atoms with Gasteiger partial charge in [0.25, 0.3) is 17.5 Å². The fraction of sp³-hybridized carbons (Fsp3) is 0.0541. The maximum Gasteiger partial charge on any atom is 0.276 e. The predicted octanol–water partition coefficient (Wildman–Crippen LogP) is 8.31. The maximum absolute atomic E-state index is 14.0. The highest BCUT2D eigenvalue weighted by molar-refractivity contribution is 8.00. The maximum atomic E-state index is 14.0. The van der Waals surface area contributed by atoms with Gasteiger partial charge >= 0.3 is 0 Å². The van der Waals surface area contributed by atoms with Crippen LogP contribution in [-0.2, 0) is 9.59 Å². The first-order chi connectivity index (χ1) is 23.3. The predicted molar refractivity (Wildman–Crippen MR) is 190 cm³/mol. The first-order valence-electron chi connectivity index (χ1n) is 14.9. The van der Waals surface area contributed by atoms with E-state index in [2.05, 4.69) is 10.6 Å². The lowest BCUT2D eigenvalue weighted by molar-refractivity contribution is -0.385. The second-order valence-electron chi connectivity index (χ2n) is 10.6. The van der Waals surface area contributed by atoms with Crippen molar-refractivity contribution in [3.05, 3.63) is 154 Å². The molecular weight excluding hydrogens is 645 g/mol. The molecule has 0 fully saturated rings. The zero-order valence-electron chi connectivity index (χ0n) is 25.5. The van der Waals surface area contributed by atoms with E-state index in [4.69, 9.17) is 0 Å². The number of para-hydroxylation sites is 3. The summed E-state index contributed by atoms with van der Waals surface area (Å²) in [5, 5.41) is 16.6. The highest BCUT2D eigenvalue weighted by atomic mass is 32.2. The lowest BCUT2D eigenvalue weighted by Gasteiger charge is -2.32. The SMILES string of the molecule is CC(Sc1cccc(NC(=O)/C(=C\c2ccccc2[N+](=O)[O-])NC(=O)c2ccccc2)c1)C(=O)N1c2ccccc2Sc2ccccc21. The molecule has 9 nitrogen and oxygen atoms in total. The minimum absolute atomic E-state index is 0.0899. The van der Waals surface area contributed by atoms with Crippen LogP contribution in [0.25, 0.3) is 6.08 Å². The molecule has 0 saturated carbocycles. The van der Waals surface area contributed by atoms with E-state index in [1.54, 1.807) is 71.3 Å². The summed E-state index contributed by atoms with van der Waals surface area (Å²) in [5.41, 5.74) is 2.14. The number of carbonyl (C=O) groups is 3. The fourth-order valence-electron chi connectivity index (χ4n) is 5.10. The summed E-state index contributed by atoms with van der Waals surface area (Å²) in [6.45, 7) is 1.85. The van der Waals surface area contributed by atoms with Gasteiger partial charge in [-0.05, 0) is 73.7 Å². The number of fused-ring (bicyclic) bond motifs is 2. The van der Waals surface area contributed by atoms with E-state index in [0.29, 0.717) is 11.3 Å². The molecule has 0 saturated heterocycles. The molecule has 3 amide bonds. The quantitative estimate of drug-likeness (QED) is 0.0699. The summed E-state index contributed by atoms with van der Waals surface area (Å²) in [5.74, 6) is -1.32. The van der Waals surface area contributed by atoms with Gasteiger partial charge in [0.15, 0.2) is 0 Å². The van der Waals surface area contributed by atoms with Gasteiger partial charge in [0.2, 0.25) is 5.91 Å². The van der Waals surface area contributed by atoms with Crippen LogP contribution >= 0.6 is 23.5 Å². The number of nitro groups is 1. The van der Waals surface area contributed by atoms with E-state index < -0.39 is 22.0 Å².